The monoisotopic (exact) mass is 354 g/mol. The van der Waals surface area contributed by atoms with Gasteiger partial charge in [-0.1, -0.05) is 41.5 Å². The van der Waals surface area contributed by atoms with E-state index < -0.39 is 14.2 Å². The van der Waals surface area contributed by atoms with E-state index in [-0.39, 0.29) is 11.9 Å². The normalized spacial score (nSPS) is 21.8. The van der Waals surface area contributed by atoms with E-state index in [1.165, 1.54) is 0 Å². The van der Waals surface area contributed by atoms with Crippen molar-refractivity contribution in [3.63, 3.8) is 0 Å². The quantitative estimate of drug-likeness (QED) is 0.355. The molecule has 24 heavy (non-hydrogen) atoms. The smallest absolute Gasteiger partial charge is 0.310 e. The maximum absolute atomic E-state index is 12.2. The van der Waals surface area contributed by atoms with Crippen molar-refractivity contribution < 1.29 is 18.8 Å². The summed E-state index contributed by atoms with van der Waals surface area (Å²) in [5, 5.41) is 0. The topological polar surface area (TPSA) is 52.6 Å². The minimum Gasteiger partial charge on any atom is -0.546 e. The van der Waals surface area contributed by atoms with Crippen LogP contribution in [0.15, 0.2) is 11.8 Å². The van der Waals surface area contributed by atoms with Crippen molar-refractivity contribution in [2.75, 3.05) is 6.61 Å². The summed E-state index contributed by atoms with van der Waals surface area (Å²) in [6, 6.07) is 0. The number of rotatable bonds is 8. The third-order valence-electron chi connectivity index (χ3n) is 5.33. The lowest BCUT2D eigenvalue weighted by Crippen LogP contribution is -2.48. The predicted octanol–water partition coefficient (Wildman–Crippen LogP) is 4.85. The van der Waals surface area contributed by atoms with Crippen LogP contribution in [0.5, 0.6) is 0 Å². The number of allylic oxidation sites excluding steroid dienone is 2. The number of hydrogen-bond acceptors (Lipinski definition) is 4. The Balaban J connectivity index is 3.06. The number of aldehydes is 1. The van der Waals surface area contributed by atoms with Gasteiger partial charge in [0.05, 0.1) is 18.3 Å². The summed E-state index contributed by atoms with van der Waals surface area (Å²) >= 11 is 0. The summed E-state index contributed by atoms with van der Waals surface area (Å²) in [6.07, 6.45) is 3.93. The average molecular weight is 355 g/mol. The number of esters is 1. The first-order valence-electron chi connectivity index (χ1n) is 9.20. The van der Waals surface area contributed by atoms with Gasteiger partial charge in [-0.25, -0.2) is 0 Å². The van der Waals surface area contributed by atoms with E-state index in [0.29, 0.717) is 36.1 Å². The summed E-state index contributed by atoms with van der Waals surface area (Å²) in [4.78, 5) is 23.6. The Kier molecular flexibility index (Phi) is 7.71. The van der Waals surface area contributed by atoms with Crippen LogP contribution < -0.4 is 0 Å². The first-order chi connectivity index (χ1) is 11.2. The van der Waals surface area contributed by atoms with Crippen LogP contribution in [0.1, 0.15) is 61.3 Å². The lowest BCUT2D eigenvalue weighted by atomic mass is 9.83. The fourth-order valence-electron chi connectivity index (χ4n) is 4.21. The molecule has 0 bridgehead atoms. The molecule has 0 aromatic carbocycles. The summed E-state index contributed by atoms with van der Waals surface area (Å²) < 4.78 is 11.9. The average Bonchev–Trinajstić information content (AvgIpc) is 2.51. The standard InChI is InChI=1S/C19H34O4Si/c1-8-22-19(21)18-11-17(10-9-16(18)12-20)23-24(13(2)3,14(4)5)15(6)7/h10,12-16,18H,8-9,11H2,1-7H3/t16-,18+/m0/s1. The summed E-state index contributed by atoms with van der Waals surface area (Å²) in [7, 11) is -2.04. The molecular formula is C19H34O4Si. The second-order valence-corrected chi connectivity index (χ2v) is 13.1. The Morgan fingerprint density at radius 3 is 2.17 bits per heavy atom. The Morgan fingerprint density at radius 2 is 1.75 bits per heavy atom. The Bertz CT molecular complexity index is 446. The van der Waals surface area contributed by atoms with E-state index in [0.717, 1.165) is 12.0 Å². The molecule has 5 heteroatoms. The Hall–Kier alpha value is -1.10. The molecule has 4 nitrogen and oxygen atoms in total. The summed E-state index contributed by atoms with van der Waals surface area (Å²) in [6.45, 7) is 15.6. The van der Waals surface area contributed by atoms with Crippen molar-refractivity contribution in [3.8, 4) is 0 Å². The van der Waals surface area contributed by atoms with Gasteiger partial charge in [-0.3, -0.25) is 4.79 Å². The van der Waals surface area contributed by atoms with Crippen molar-refractivity contribution in [2.24, 2.45) is 11.8 Å². The number of carbonyl (C=O) groups is 2. The highest BCUT2D eigenvalue weighted by Gasteiger charge is 2.48. The van der Waals surface area contributed by atoms with Crippen LogP contribution in [0.2, 0.25) is 16.6 Å². The van der Waals surface area contributed by atoms with Crippen molar-refractivity contribution >= 4 is 20.6 Å². The molecule has 0 aromatic rings. The zero-order valence-electron chi connectivity index (χ0n) is 16.3. The number of hydrogen-bond donors (Lipinski definition) is 0. The zero-order valence-corrected chi connectivity index (χ0v) is 17.3. The summed E-state index contributed by atoms with van der Waals surface area (Å²) in [5.41, 5.74) is 1.43. The highest BCUT2D eigenvalue weighted by atomic mass is 28.4. The van der Waals surface area contributed by atoms with Gasteiger partial charge in [0.1, 0.15) is 6.29 Å². The van der Waals surface area contributed by atoms with Gasteiger partial charge in [0, 0.05) is 12.3 Å². The molecule has 0 aliphatic heterocycles. The minimum absolute atomic E-state index is 0.283. The van der Waals surface area contributed by atoms with E-state index in [1.54, 1.807) is 6.92 Å². The SMILES string of the molecule is CCOC(=O)[C@@H]1CC(O[Si](C(C)C)(C(C)C)C(C)C)=CC[C@H]1C=O. The Morgan fingerprint density at radius 1 is 1.21 bits per heavy atom. The van der Waals surface area contributed by atoms with Crippen LogP contribution in [0.4, 0.5) is 0 Å². The van der Waals surface area contributed by atoms with Crippen LogP contribution >= 0.6 is 0 Å². The van der Waals surface area contributed by atoms with Gasteiger partial charge in [-0.2, -0.15) is 0 Å². The predicted molar refractivity (Wildman–Crippen MR) is 99.1 cm³/mol. The maximum Gasteiger partial charge on any atom is 0.310 e. The molecule has 138 valence electrons. The van der Waals surface area contributed by atoms with Gasteiger partial charge in [-0.15, -0.1) is 0 Å². The van der Waals surface area contributed by atoms with Gasteiger partial charge in [0.15, 0.2) is 0 Å². The van der Waals surface area contributed by atoms with Crippen LogP contribution in [0, 0.1) is 11.8 Å². The van der Waals surface area contributed by atoms with Crippen LogP contribution in [-0.2, 0) is 18.8 Å². The molecule has 0 unspecified atom stereocenters. The molecule has 0 N–H and O–H groups in total. The van der Waals surface area contributed by atoms with Crippen molar-refractivity contribution in [3.05, 3.63) is 11.8 Å². The molecule has 0 spiro atoms. The summed E-state index contributed by atoms with van der Waals surface area (Å²) in [5.74, 6) is -0.117. The maximum atomic E-state index is 12.2. The zero-order chi connectivity index (χ0) is 18.5. The molecular weight excluding hydrogens is 320 g/mol. The molecule has 0 aromatic heterocycles. The van der Waals surface area contributed by atoms with E-state index >= 15 is 0 Å². The minimum atomic E-state index is -2.04. The number of carbonyl (C=O) groups excluding carboxylic acids is 2. The first kappa shape index (κ1) is 20.9. The second kappa shape index (κ2) is 8.84. The van der Waals surface area contributed by atoms with Crippen molar-refractivity contribution in [1.29, 1.82) is 0 Å². The molecule has 1 aliphatic carbocycles. The molecule has 1 aliphatic rings. The Labute approximate surface area is 148 Å². The molecule has 0 radical (unpaired) electrons. The molecule has 1 rings (SSSR count). The highest BCUT2D eigenvalue weighted by molar-refractivity contribution is 6.77. The van der Waals surface area contributed by atoms with Gasteiger partial charge in [0.2, 0.25) is 0 Å². The second-order valence-electron chi connectivity index (χ2n) is 7.69. The fraction of sp³-hybridized carbons (Fsp3) is 0.789. The lowest BCUT2D eigenvalue weighted by Gasteiger charge is -2.44. The first-order valence-corrected chi connectivity index (χ1v) is 11.3. The number of ether oxygens (including phenoxy) is 1. The highest BCUT2D eigenvalue weighted by Crippen LogP contribution is 2.45. The van der Waals surface area contributed by atoms with E-state index in [1.807, 2.05) is 6.08 Å². The molecule has 0 saturated heterocycles. The van der Waals surface area contributed by atoms with E-state index in [2.05, 4.69) is 41.5 Å². The van der Waals surface area contributed by atoms with Crippen LogP contribution in [0.3, 0.4) is 0 Å². The third kappa shape index (κ3) is 4.29. The largest absolute Gasteiger partial charge is 0.546 e. The third-order valence-corrected chi connectivity index (χ3v) is 11.4. The molecule has 0 amide bonds. The van der Waals surface area contributed by atoms with E-state index in [9.17, 15) is 9.59 Å². The van der Waals surface area contributed by atoms with Crippen LogP contribution in [0.25, 0.3) is 0 Å². The van der Waals surface area contributed by atoms with Crippen molar-refractivity contribution in [2.45, 2.75) is 77.9 Å². The molecule has 0 saturated carbocycles. The molecule has 0 fully saturated rings. The molecule has 0 heterocycles. The van der Waals surface area contributed by atoms with Crippen molar-refractivity contribution in [1.82, 2.24) is 0 Å². The van der Waals surface area contributed by atoms with Gasteiger partial charge in [0.25, 0.3) is 8.32 Å². The van der Waals surface area contributed by atoms with Crippen LogP contribution in [-0.4, -0.2) is 27.2 Å². The van der Waals surface area contributed by atoms with E-state index in [4.69, 9.17) is 9.16 Å². The molecule has 2 atom stereocenters. The lowest BCUT2D eigenvalue weighted by molar-refractivity contribution is -0.151. The van der Waals surface area contributed by atoms with Gasteiger partial charge in [-0.05, 0) is 36.0 Å². The fourth-order valence-corrected chi connectivity index (χ4v) is 9.53. The van der Waals surface area contributed by atoms with Gasteiger partial charge >= 0.3 is 5.97 Å². The van der Waals surface area contributed by atoms with Gasteiger partial charge < -0.3 is 14.0 Å².